The van der Waals surface area contributed by atoms with Crippen molar-refractivity contribution in [3.63, 3.8) is 0 Å². The monoisotopic (exact) mass is 514 g/mol. The number of rotatable bonds is 6. The van der Waals surface area contributed by atoms with Gasteiger partial charge in [0, 0.05) is 23.9 Å². The number of carbonyl (C=O) groups excluding carboxylic acids is 1. The molecule has 0 spiro atoms. The van der Waals surface area contributed by atoms with E-state index in [1.54, 1.807) is 24.3 Å². The van der Waals surface area contributed by atoms with E-state index in [4.69, 9.17) is 4.74 Å². The lowest BCUT2D eigenvalue weighted by Gasteiger charge is -2.40. The fraction of sp³-hybridized carbons (Fsp3) is 0.407. The highest BCUT2D eigenvalue weighted by Crippen LogP contribution is 2.47. The van der Waals surface area contributed by atoms with Gasteiger partial charge in [0.15, 0.2) is 11.6 Å². The summed E-state index contributed by atoms with van der Waals surface area (Å²) in [5.74, 6) is 0.125. The average molecular weight is 515 g/mol. The molecule has 0 unspecified atom stereocenters. The highest BCUT2D eigenvalue weighted by molar-refractivity contribution is 6.00. The van der Waals surface area contributed by atoms with Gasteiger partial charge < -0.3 is 9.64 Å². The van der Waals surface area contributed by atoms with Crippen LogP contribution < -0.4 is 4.74 Å². The minimum Gasteiger partial charge on any atom is -0.472 e. The normalized spacial score (nSPS) is 23.1. The first kappa shape index (κ1) is 25.1. The van der Waals surface area contributed by atoms with Crippen molar-refractivity contribution in [3.8, 4) is 17.3 Å². The number of ether oxygens (including phenoxy) is 1. The molecule has 5 rings (SSSR count). The van der Waals surface area contributed by atoms with Crippen molar-refractivity contribution in [2.75, 3.05) is 0 Å². The molecular formula is C27H26F4N4O2. The van der Waals surface area contributed by atoms with Crippen LogP contribution in [0, 0.1) is 17.7 Å². The molecule has 4 atom stereocenters. The van der Waals surface area contributed by atoms with E-state index in [0.29, 0.717) is 23.5 Å². The predicted molar refractivity (Wildman–Crippen MR) is 127 cm³/mol. The Hall–Kier alpha value is -3.56. The number of pyridine rings is 1. The van der Waals surface area contributed by atoms with Crippen LogP contribution in [0.3, 0.4) is 0 Å². The maximum absolute atomic E-state index is 14.0. The standard InChI is InChI=1S/C27H26F4N4O2/c1-15(2)9-21-16-10-22(23(11-16)37-24-8-7-17(12-32-24)27(29,30)31)35(21)26(36)20-6-4-3-5-19(20)25-33-13-18(28)14-34-25/h3-8,12-16,21-23H,9-11H2,1-2H3/t16-,21-,22+,23-/m1/s1. The van der Waals surface area contributed by atoms with E-state index < -0.39 is 23.7 Å². The van der Waals surface area contributed by atoms with Crippen LogP contribution in [0.2, 0.25) is 0 Å². The van der Waals surface area contributed by atoms with E-state index in [9.17, 15) is 22.4 Å². The summed E-state index contributed by atoms with van der Waals surface area (Å²) in [5.41, 5.74) is 0.0588. The van der Waals surface area contributed by atoms with Crippen LogP contribution >= 0.6 is 0 Å². The number of benzene rings is 1. The third-order valence-electron chi connectivity index (χ3n) is 7.07. The third kappa shape index (κ3) is 5.01. The molecule has 1 saturated carbocycles. The number of amides is 1. The van der Waals surface area contributed by atoms with Crippen molar-refractivity contribution in [2.24, 2.45) is 11.8 Å². The number of hydrogen-bond donors (Lipinski definition) is 0. The van der Waals surface area contributed by atoms with Crippen LogP contribution in [0.25, 0.3) is 11.4 Å². The average Bonchev–Trinajstić information content (AvgIpc) is 3.42. The largest absolute Gasteiger partial charge is 0.472 e. The molecule has 6 nitrogen and oxygen atoms in total. The van der Waals surface area contributed by atoms with E-state index in [2.05, 4.69) is 28.8 Å². The third-order valence-corrected chi connectivity index (χ3v) is 7.07. The van der Waals surface area contributed by atoms with Gasteiger partial charge >= 0.3 is 6.18 Å². The van der Waals surface area contributed by atoms with Crippen molar-refractivity contribution >= 4 is 5.91 Å². The second-order valence-electron chi connectivity index (χ2n) is 10.0. The van der Waals surface area contributed by atoms with Crippen LogP contribution in [0.15, 0.2) is 55.0 Å². The van der Waals surface area contributed by atoms with Gasteiger partial charge in [-0.2, -0.15) is 13.2 Å². The highest BCUT2D eigenvalue weighted by atomic mass is 19.4. The molecule has 1 aliphatic heterocycles. The number of fused-ring (bicyclic) bond motifs is 2. The molecule has 2 aromatic heterocycles. The van der Waals surface area contributed by atoms with Gasteiger partial charge in [0.1, 0.15) is 6.10 Å². The van der Waals surface area contributed by atoms with Crippen molar-refractivity contribution in [1.82, 2.24) is 19.9 Å². The zero-order valence-corrected chi connectivity index (χ0v) is 20.3. The molecule has 194 valence electrons. The van der Waals surface area contributed by atoms with Crippen molar-refractivity contribution < 1.29 is 27.1 Å². The second kappa shape index (κ2) is 9.72. The van der Waals surface area contributed by atoms with Crippen LogP contribution in [0.1, 0.15) is 49.0 Å². The van der Waals surface area contributed by atoms with Gasteiger partial charge in [-0.1, -0.05) is 32.0 Å². The Kier molecular flexibility index (Phi) is 6.59. The summed E-state index contributed by atoms with van der Waals surface area (Å²) in [5, 5.41) is 0. The van der Waals surface area contributed by atoms with Crippen LogP contribution in [-0.2, 0) is 6.18 Å². The number of piperidine rings is 1. The summed E-state index contributed by atoms with van der Waals surface area (Å²) in [7, 11) is 0. The van der Waals surface area contributed by atoms with Gasteiger partial charge in [-0.25, -0.2) is 19.3 Å². The zero-order valence-electron chi connectivity index (χ0n) is 20.3. The molecule has 2 aliphatic rings. The Morgan fingerprint density at radius 3 is 2.43 bits per heavy atom. The smallest absolute Gasteiger partial charge is 0.417 e. The molecule has 0 radical (unpaired) electrons. The quantitative estimate of drug-likeness (QED) is 0.390. The molecule has 1 aromatic carbocycles. The number of aromatic nitrogens is 3. The van der Waals surface area contributed by atoms with Crippen LogP contribution in [0.4, 0.5) is 17.6 Å². The number of halogens is 4. The first-order valence-corrected chi connectivity index (χ1v) is 12.2. The maximum atomic E-state index is 14.0. The number of alkyl halides is 3. The van der Waals surface area contributed by atoms with Gasteiger partial charge in [0.25, 0.3) is 5.91 Å². The molecular weight excluding hydrogens is 488 g/mol. The Morgan fingerprint density at radius 2 is 1.78 bits per heavy atom. The Labute approximate surface area is 211 Å². The van der Waals surface area contributed by atoms with E-state index in [1.165, 1.54) is 6.07 Å². The second-order valence-corrected chi connectivity index (χ2v) is 10.0. The van der Waals surface area contributed by atoms with Crippen molar-refractivity contribution in [2.45, 2.75) is 57.5 Å². The molecule has 2 fully saturated rings. The summed E-state index contributed by atoms with van der Waals surface area (Å²) in [6.45, 7) is 4.21. The lowest BCUT2D eigenvalue weighted by atomic mass is 9.89. The minimum atomic E-state index is -4.48. The first-order valence-electron chi connectivity index (χ1n) is 12.2. The van der Waals surface area contributed by atoms with Gasteiger partial charge in [0.2, 0.25) is 5.88 Å². The van der Waals surface area contributed by atoms with E-state index in [-0.39, 0.29) is 35.6 Å². The van der Waals surface area contributed by atoms with Crippen LogP contribution in [0.5, 0.6) is 5.88 Å². The van der Waals surface area contributed by atoms with Gasteiger partial charge in [-0.3, -0.25) is 4.79 Å². The summed E-state index contributed by atoms with van der Waals surface area (Å²) >= 11 is 0. The molecule has 1 aliphatic carbocycles. The predicted octanol–water partition coefficient (Wildman–Crippen LogP) is 5.79. The fourth-order valence-electron chi connectivity index (χ4n) is 5.54. The maximum Gasteiger partial charge on any atom is 0.417 e. The summed E-state index contributed by atoms with van der Waals surface area (Å²) in [6.07, 6.45) is 0.247. The summed E-state index contributed by atoms with van der Waals surface area (Å²) in [4.78, 5) is 27.9. The highest BCUT2D eigenvalue weighted by Gasteiger charge is 2.54. The molecule has 3 aromatic rings. The minimum absolute atomic E-state index is 0.0000990. The molecule has 1 amide bonds. The lowest BCUT2D eigenvalue weighted by molar-refractivity contribution is -0.137. The van der Waals surface area contributed by atoms with E-state index in [1.807, 2.05) is 4.90 Å². The fourth-order valence-corrected chi connectivity index (χ4v) is 5.54. The van der Waals surface area contributed by atoms with E-state index in [0.717, 1.165) is 37.5 Å². The SMILES string of the molecule is CC(C)C[C@@H]1[C@H]2C[C@@H](Oc3ccc(C(F)(F)F)cn3)[C@H](C2)N1C(=O)c1ccccc1-c1ncc(F)cn1. The first-order chi connectivity index (χ1) is 17.6. The lowest BCUT2D eigenvalue weighted by Crippen LogP contribution is -2.52. The molecule has 3 heterocycles. The molecule has 10 heteroatoms. The Morgan fingerprint density at radius 1 is 1.05 bits per heavy atom. The number of likely N-dealkylation sites (tertiary alicyclic amines) is 1. The molecule has 37 heavy (non-hydrogen) atoms. The Bertz CT molecular complexity index is 1260. The summed E-state index contributed by atoms with van der Waals surface area (Å²) in [6, 6.07) is 8.86. The van der Waals surface area contributed by atoms with E-state index >= 15 is 0 Å². The summed E-state index contributed by atoms with van der Waals surface area (Å²) < 4.78 is 58.2. The Balaban J connectivity index is 1.43. The molecule has 2 bridgehead atoms. The van der Waals surface area contributed by atoms with Gasteiger partial charge in [-0.15, -0.1) is 0 Å². The van der Waals surface area contributed by atoms with Gasteiger partial charge in [0.05, 0.1) is 29.6 Å². The van der Waals surface area contributed by atoms with Crippen LogP contribution in [-0.4, -0.2) is 43.9 Å². The molecule has 0 N–H and O–H groups in total. The zero-order chi connectivity index (χ0) is 26.3. The van der Waals surface area contributed by atoms with Crippen molar-refractivity contribution in [1.29, 1.82) is 0 Å². The number of hydrogen-bond acceptors (Lipinski definition) is 5. The van der Waals surface area contributed by atoms with Gasteiger partial charge in [-0.05, 0) is 43.2 Å². The van der Waals surface area contributed by atoms with Crippen molar-refractivity contribution in [3.05, 3.63) is 71.9 Å². The topological polar surface area (TPSA) is 68.2 Å². The number of carbonyl (C=O) groups is 1. The molecule has 1 saturated heterocycles. The number of nitrogens with zero attached hydrogens (tertiary/aromatic N) is 4.